The quantitative estimate of drug-likeness (QED) is 0.851. The predicted molar refractivity (Wildman–Crippen MR) is 83.9 cm³/mol. The van der Waals surface area contributed by atoms with Crippen molar-refractivity contribution in [3.05, 3.63) is 63.4 Å². The number of carboxylic acid groups (broad SMARTS) is 1. The van der Waals surface area contributed by atoms with Crippen molar-refractivity contribution >= 4 is 27.6 Å². The third kappa shape index (κ3) is 4.04. The van der Waals surface area contributed by atoms with Gasteiger partial charge in [-0.15, -0.1) is 0 Å². The molecule has 0 bridgehead atoms. The van der Waals surface area contributed by atoms with Gasteiger partial charge in [0.25, 0.3) is 0 Å². The molecule has 5 heteroatoms. The Morgan fingerprint density at radius 1 is 1.29 bits per heavy atom. The highest BCUT2D eigenvalue weighted by Crippen LogP contribution is 2.24. The summed E-state index contributed by atoms with van der Waals surface area (Å²) in [6.07, 6.45) is -0.0223. The van der Waals surface area contributed by atoms with Crippen LogP contribution < -0.4 is 5.32 Å². The molecule has 0 aromatic heterocycles. The standard InChI is InChI=1S/C16H15BrFNO2/c1-10-6-13(17)14(18)8-15(10)19-9-12-5-3-2-4-11(12)7-16(20)21/h2-6,8,19H,7,9H2,1H3,(H,20,21). The Kier molecular flexibility index (Phi) is 4.96. The van der Waals surface area contributed by atoms with Gasteiger partial charge in [0.2, 0.25) is 0 Å². The number of nitrogens with one attached hydrogen (secondary N) is 1. The van der Waals surface area contributed by atoms with E-state index < -0.39 is 5.97 Å². The molecular formula is C16H15BrFNO2. The highest BCUT2D eigenvalue weighted by Gasteiger charge is 2.08. The number of hydrogen-bond acceptors (Lipinski definition) is 2. The number of halogens is 2. The molecule has 0 amide bonds. The molecule has 0 saturated heterocycles. The molecule has 2 aromatic carbocycles. The van der Waals surface area contributed by atoms with E-state index in [1.54, 1.807) is 12.1 Å². The lowest BCUT2D eigenvalue weighted by atomic mass is 10.0. The van der Waals surface area contributed by atoms with Gasteiger partial charge in [0.1, 0.15) is 5.82 Å². The van der Waals surface area contributed by atoms with Crippen LogP contribution in [0.5, 0.6) is 0 Å². The number of carboxylic acids is 1. The maximum Gasteiger partial charge on any atom is 0.307 e. The van der Waals surface area contributed by atoms with Crippen LogP contribution in [0.15, 0.2) is 40.9 Å². The first kappa shape index (κ1) is 15.5. The number of benzene rings is 2. The first-order valence-corrected chi connectivity index (χ1v) is 7.24. The molecule has 0 saturated carbocycles. The lowest BCUT2D eigenvalue weighted by Crippen LogP contribution is -2.08. The van der Waals surface area contributed by atoms with Gasteiger partial charge in [-0.2, -0.15) is 0 Å². The molecule has 2 N–H and O–H groups in total. The van der Waals surface area contributed by atoms with E-state index in [9.17, 15) is 9.18 Å². The van der Waals surface area contributed by atoms with Crippen molar-refractivity contribution in [1.82, 2.24) is 0 Å². The van der Waals surface area contributed by atoms with Crippen LogP contribution in [0.1, 0.15) is 16.7 Å². The summed E-state index contributed by atoms with van der Waals surface area (Å²) in [4.78, 5) is 10.9. The zero-order chi connectivity index (χ0) is 15.4. The highest BCUT2D eigenvalue weighted by atomic mass is 79.9. The Morgan fingerprint density at radius 2 is 1.95 bits per heavy atom. The fraction of sp³-hybridized carbons (Fsp3) is 0.188. The zero-order valence-corrected chi connectivity index (χ0v) is 13.1. The third-order valence-electron chi connectivity index (χ3n) is 3.20. The van der Waals surface area contributed by atoms with Crippen molar-refractivity contribution < 1.29 is 14.3 Å². The molecule has 2 rings (SSSR count). The number of rotatable bonds is 5. The first-order valence-electron chi connectivity index (χ1n) is 6.45. The van der Waals surface area contributed by atoms with Crippen molar-refractivity contribution in [1.29, 1.82) is 0 Å². The van der Waals surface area contributed by atoms with Gasteiger partial charge < -0.3 is 10.4 Å². The van der Waals surface area contributed by atoms with Crippen LogP contribution in [0.4, 0.5) is 10.1 Å². The van der Waals surface area contributed by atoms with E-state index in [1.165, 1.54) is 6.07 Å². The van der Waals surface area contributed by atoms with E-state index in [1.807, 2.05) is 25.1 Å². The average Bonchev–Trinajstić information content (AvgIpc) is 2.42. The van der Waals surface area contributed by atoms with E-state index in [0.717, 1.165) is 16.7 Å². The minimum absolute atomic E-state index is 0.0223. The second kappa shape index (κ2) is 6.72. The summed E-state index contributed by atoms with van der Waals surface area (Å²) < 4.78 is 14.0. The van der Waals surface area contributed by atoms with Gasteiger partial charge in [0.05, 0.1) is 10.9 Å². The average molecular weight is 352 g/mol. The molecule has 0 aliphatic carbocycles. The van der Waals surface area contributed by atoms with E-state index in [4.69, 9.17) is 5.11 Å². The van der Waals surface area contributed by atoms with E-state index in [2.05, 4.69) is 21.2 Å². The summed E-state index contributed by atoms with van der Waals surface area (Å²) in [7, 11) is 0. The van der Waals surface area contributed by atoms with Crippen LogP contribution in [-0.4, -0.2) is 11.1 Å². The largest absolute Gasteiger partial charge is 0.481 e. The molecule has 0 atom stereocenters. The normalized spacial score (nSPS) is 10.4. The van der Waals surface area contributed by atoms with E-state index in [-0.39, 0.29) is 12.2 Å². The van der Waals surface area contributed by atoms with Crippen LogP contribution in [-0.2, 0) is 17.8 Å². The van der Waals surface area contributed by atoms with Crippen LogP contribution in [0, 0.1) is 12.7 Å². The van der Waals surface area contributed by atoms with Gasteiger partial charge in [-0.05, 0) is 51.7 Å². The Hall–Kier alpha value is -1.88. The van der Waals surface area contributed by atoms with Gasteiger partial charge in [-0.25, -0.2) is 4.39 Å². The molecular weight excluding hydrogens is 337 g/mol. The van der Waals surface area contributed by atoms with Gasteiger partial charge in [-0.3, -0.25) is 4.79 Å². The second-order valence-electron chi connectivity index (χ2n) is 4.77. The Bertz CT molecular complexity index is 673. The molecule has 0 heterocycles. The zero-order valence-electron chi connectivity index (χ0n) is 11.5. The Labute approximate surface area is 130 Å². The van der Waals surface area contributed by atoms with Crippen molar-refractivity contribution in [2.45, 2.75) is 19.9 Å². The van der Waals surface area contributed by atoms with E-state index >= 15 is 0 Å². The Balaban J connectivity index is 2.17. The number of anilines is 1. The van der Waals surface area contributed by atoms with Crippen LogP contribution >= 0.6 is 15.9 Å². The smallest absolute Gasteiger partial charge is 0.307 e. The first-order chi connectivity index (χ1) is 9.97. The molecule has 0 unspecified atom stereocenters. The Morgan fingerprint density at radius 3 is 2.62 bits per heavy atom. The van der Waals surface area contributed by atoms with Crippen LogP contribution in [0.2, 0.25) is 0 Å². The second-order valence-corrected chi connectivity index (χ2v) is 5.63. The summed E-state index contributed by atoms with van der Waals surface area (Å²) in [5.74, 6) is -1.20. The lowest BCUT2D eigenvalue weighted by Gasteiger charge is -2.13. The lowest BCUT2D eigenvalue weighted by molar-refractivity contribution is -0.136. The minimum atomic E-state index is -0.867. The molecule has 0 spiro atoms. The molecule has 0 aliphatic rings. The minimum Gasteiger partial charge on any atom is -0.481 e. The van der Waals surface area contributed by atoms with Gasteiger partial charge >= 0.3 is 5.97 Å². The molecule has 0 aliphatic heterocycles. The van der Waals surface area contributed by atoms with Crippen molar-refractivity contribution in [3.8, 4) is 0 Å². The number of aryl methyl sites for hydroxylation is 1. The summed E-state index contributed by atoms with van der Waals surface area (Å²) in [5.41, 5.74) is 3.26. The number of carbonyl (C=O) groups is 1. The van der Waals surface area contributed by atoms with E-state index in [0.29, 0.717) is 16.7 Å². The van der Waals surface area contributed by atoms with Crippen LogP contribution in [0.3, 0.4) is 0 Å². The molecule has 3 nitrogen and oxygen atoms in total. The molecule has 0 fully saturated rings. The maximum atomic E-state index is 13.6. The van der Waals surface area contributed by atoms with Gasteiger partial charge in [0.15, 0.2) is 0 Å². The summed E-state index contributed by atoms with van der Waals surface area (Å²) in [6, 6.07) is 10.5. The van der Waals surface area contributed by atoms with Gasteiger partial charge in [-0.1, -0.05) is 24.3 Å². The fourth-order valence-electron chi connectivity index (χ4n) is 2.09. The molecule has 21 heavy (non-hydrogen) atoms. The van der Waals surface area contributed by atoms with Crippen molar-refractivity contribution in [2.75, 3.05) is 5.32 Å². The topological polar surface area (TPSA) is 49.3 Å². The number of hydrogen-bond donors (Lipinski definition) is 2. The summed E-state index contributed by atoms with van der Waals surface area (Å²) in [6.45, 7) is 2.33. The van der Waals surface area contributed by atoms with Crippen molar-refractivity contribution in [3.63, 3.8) is 0 Å². The predicted octanol–water partition coefficient (Wildman–Crippen LogP) is 4.14. The summed E-state index contributed by atoms with van der Waals surface area (Å²) in [5, 5.41) is 12.1. The molecule has 0 radical (unpaired) electrons. The molecule has 2 aromatic rings. The highest BCUT2D eigenvalue weighted by molar-refractivity contribution is 9.10. The monoisotopic (exact) mass is 351 g/mol. The number of aliphatic carboxylic acids is 1. The summed E-state index contributed by atoms with van der Waals surface area (Å²) >= 11 is 3.15. The SMILES string of the molecule is Cc1cc(Br)c(F)cc1NCc1ccccc1CC(=O)O. The van der Waals surface area contributed by atoms with Gasteiger partial charge in [0, 0.05) is 12.2 Å². The fourth-order valence-corrected chi connectivity index (χ4v) is 2.55. The molecule has 110 valence electrons. The third-order valence-corrected chi connectivity index (χ3v) is 3.80. The maximum absolute atomic E-state index is 13.6. The van der Waals surface area contributed by atoms with Crippen LogP contribution in [0.25, 0.3) is 0 Å². The van der Waals surface area contributed by atoms with Crippen molar-refractivity contribution in [2.24, 2.45) is 0 Å².